The summed E-state index contributed by atoms with van der Waals surface area (Å²) in [5.41, 5.74) is -0.549. The zero-order valence-corrected chi connectivity index (χ0v) is 23.9. The Bertz CT molecular complexity index is 1180. The average molecular weight is 561 g/mol. The predicted molar refractivity (Wildman–Crippen MR) is 151 cm³/mol. The molecule has 0 bridgehead atoms. The fourth-order valence-corrected chi connectivity index (χ4v) is 5.39. The van der Waals surface area contributed by atoms with Gasteiger partial charge in [-0.05, 0) is 65.6 Å². The van der Waals surface area contributed by atoms with Crippen LogP contribution in [0.5, 0.6) is 0 Å². The fourth-order valence-electron chi connectivity index (χ4n) is 5.39. The molecule has 2 aliphatic rings. The Morgan fingerprint density at radius 3 is 2.45 bits per heavy atom. The minimum absolute atomic E-state index is 0.0343. The number of hydrogen-bond acceptors (Lipinski definition) is 9. The first kappa shape index (κ1) is 31.3. The maximum absolute atomic E-state index is 14.7. The molecule has 2 fully saturated rings. The molecule has 12 heteroatoms. The van der Waals surface area contributed by atoms with Crippen LogP contribution in [0.15, 0.2) is 28.3 Å². The summed E-state index contributed by atoms with van der Waals surface area (Å²) in [5, 5.41) is 19.2. The normalized spacial score (nSPS) is 17.9. The highest BCUT2D eigenvalue weighted by Crippen LogP contribution is 2.30. The van der Waals surface area contributed by atoms with Gasteiger partial charge in [0.05, 0.1) is 0 Å². The SMILES string of the molecule is C=NO/C(=N\Cn1nc(C(C)(C)O)c2cccc(F)c21)C1CCN(C2CCN(C(=O)COC)CC2)CC1.CC=O. The van der Waals surface area contributed by atoms with Crippen LogP contribution in [-0.2, 0) is 31.4 Å². The van der Waals surface area contributed by atoms with Crippen molar-refractivity contribution in [2.45, 2.75) is 64.8 Å². The van der Waals surface area contributed by atoms with Gasteiger partial charge >= 0.3 is 0 Å². The quantitative estimate of drug-likeness (QED) is 0.228. The fraction of sp³-hybridized carbons (Fsp3) is 0.607. The number of ether oxygens (including phenoxy) is 1. The summed E-state index contributed by atoms with van der Waals surface area (Å²) in [7, 11) is 1.54. The van der Waals surface area contributed by atoms with E-state index >= 15 is 0 Å². The molecule has 1 aromatic carbocycles. The van der Waals surface area contributed by atoms with Crippen molar-refractivity contribution in [3.63, 3.8) is 0 Å². The van der Waals surface area contributed by atoms with Crippen LogP contribution < -0.4 is 0 Å². The van der Waals surface area contributed by atoms with Gasteiger partial charge in [0.15, 0.2) is 0 Å². The van der Waals surface area contributed by atoms with Crippen LogP contribution in [0.25, 0.3) is 10.9 Å². The van der Waals surface area contributed by atoms with E-state index in [4.69, 9.17) is 14.4 Å². The van der Waals surface area contributed by atoms with E-state index in [1.807, 2.05) is 4.90 Å². The third-order valence-electron chi connectivity index (χ3n) is 7.30. The van der Waals surface area contributed by atoms with Gasteiger partial charge in [0.1, 0.15) is 42.2 Å². The molecule has 220 valence electrons. The van der Waals surface area contributed by atoms with Gasteiger partial charge in [0.2, 0.25) is 11.8 Å². The minimum Gasteiger partial charge on any atom is -0.384 e. The first-order valence-corrected chi connectivity index (χ1v) is 13.6. The molecule has 1 aromatic heterocycles. The highest BCUT2D eigenvalue weighted by atomic mass is 19.1. The standard InChI is InChI=1S/C26H37FN6O4.C2H4O/c1-26(2,35)24-20-6-5-7-21(27)23(20)33(30-24)17-29-25(37-28-3)18-8-12-31(13-9-18)19-10-14-32(15-11-19)22(34)16-36-4;1-2-3/h5-7,18-19,35H,3,8-17H2,1-2,4H3;2H,1H3/b29-25-;. The number of rotatable bonds is 8. The number of fused-ring (bicyclic) bond motifs is 1. The Balaban J connectivity index is 0.00000141. The zero-order valence-electron chi connectivity index (χ0n) is 23.9. The number of aromatic nitrogens is 2. The average Bonchev–Trinajstić information content (AvgIpc) is 3.32. The Hall–Kier alpha value is -3.22. The number of likely N-dealkylation sites (tertiary alicyclic amines) is 2. The highest BCUT2D eigenvalue weighted by Gasteiger charge is 2.32. The highest BCUT2D eigenvalue weighted by molar-refractivity contribution is 5.83. The molecule has 0 atom stereocenters. The second-order valence-corrected chi connectivity index (χ2v) is 10.5. The van der Waals surface area contributed by atoms with Gasteiger partial charge in [-0.3, -0.25) is 4.79 Å². The van der Waals surface area contributed by atoms with Gasteiger partial charge in [-0.1, -0.05) is 17.3 Å². The molecule has 2 saturated heterocycles. The van der Waals surface area contributed by atoms with Crippen molar-refractivity contribution >= 4 is 35.7 Å². The summed E-state index contributed by atoms with van der Waals surface area (Å²) in [6.45, 7) is 11.6. The third-order valence-corrected chi connectivity index (χ3v) is 7.30. The smallest absolute Gasteiger partial charge is 0.248 e. The van der Waals surface area contributed by atoms with Crippen LogP contribution in [0, 0.1) is 11.7 Å². The number of benzene rings is 1. The number of piperidine rings is 2. The van der Waals surface area contributed by atoms with Crippen molar-refractivity contribution in [3.05, 3.63) is 29.7 Å². The van der Waals surface area contributed by atoms with Gasteiger partial charge in [0.25, 0.3) is 0 Å². The molecule has 0 spiro atoms. The number of carbonyl (C=O) groups excluding carboxylic acids is 2. The van der Waals surface area contributed by atoms with Crippen LogP contribution in [-0.4, -0.2) is 95.4 Å². The molecule has 1 N–H and O–H groups in total. The van der Waals surface area contributed by atoms with Gasteiger partial charge in [-0.2, -0.15) is 5.10 Å². The first-order valence-electron chi connectivity index (χ1n) is 13.6. The first-order chi connectivity index (χ1) is 19.1. The van der Waals surface area contributed by atoms with Crippen LogP contribution in [0.4, 0.5) is 4.39 Å². The van der Waals surface area contributed by atoms with E-state index in [9.17, 15) is 14.3 Å². The van der Waals surface area contributed by atoms with Gasteiger partial charge < -0.3 is 29.3 Å². The van der Waals surface area contributed by atoms with Gasteiger partial charge in [-0.25, -0.2) is 14.1 Å². The van der Waals surface area contributed by atoms with Crippen molar-refractivity contribution in [2.24, 2.45) is 16.1 Å². The summed E-state index contributed by atoms with van der Waals surface area (Å²) in [6, 6.07) is 5.17. The summed E-state index contributed by atoms with van der Waals surface area (Å²) in [4.78, 5) is 35.3. The lowest BCUT2D eigenvalue weighted by Crippen LogP contribution is -2.50. The molecule has 11 nitrogen and oxygen atoms in total. The van der Waals surface area contributed by atoms with Crippen LogP contribution in [0.3, 0.4) is 0 Å². The van der Waals surface area contributed by atoms with Gasteiger partial charge in [-0.15, -0.1) is 0 Å². The number of aliphatic hydroxyl groups is 1. The number of aldehydes is 1. The molecule has 3 heterocycles. The van der Waals surface area contributed by atoms with Crippen molar-refractivity contribution in [1.29, 1.82) is 0 Å². The lowest BCUT2D eigenvalue weighted by Gasteiger charge is -2.41. The van der Waals surface area contributed by atoms with E-state index in [1.54, 1.807) is 33.1 Å². The predicted octanol–water partition coefficient (Wildman–Crippen LogP) is 2.95. The molecule has 40 heavy (non-hydrogen) atoms. The number of amides is 1. The number of halogens is 1. The van der Waals surface area contributed by atoms with E-state index in [-0.39, 0.29) is 25.1 Å². The monoisotopic (exact) mass is 560 g/mol. The molecule has 4 rings (SSSR count). The lowest BCUT2D eigenvalue weighted by molar-refractivity contribution is -0.136. The number of hydrogen-bond donors (Lipinski definition) is 1. The molecule has 0 unspecified atom stereocenters. The third kappa shape index (κ3) is 7.70. The molecule has 2 aliphatic heterocycles. The molecule has 1 amide bonds. The summed E-state index contributed by atoms with van der Waals surface area (Å²) < 4.78 is 21.1. The molecule has 0 radical (unpaired) electrons. The second-order valence-electron chi connectivity index (χ2n) is 10.5. The number of nitrogens with zero attached hydrogens (tertiary/aromatic N) is 6. The van der Waals surface area contributed by atoms with E-state index in [2.05, 4.69) is 26.9 Å². The maximum Gasteiger partial charge on any atom is 0.248 e. The maximum atomic E-state index is 14.7. The largest absolute Gasteiger partial charge is 0.384 e. The lowest BCUT2D eigenvalue weighted by atomic mass is 9.93. The van der Waals surface area contributed by atoms with Crippen LogP contribution >= 0.6 is 0 Å². The summed E-state index contributed by atoms with van der Waals surface area (Å²) in [6.07, 6.45) is 4.35. The van der Waals surface area contributed by atoms with E-state index in [1.165, 1.54) is 17.7 Å². The Kier molecular flexibility index (Phi) is 11.3. The van der Waals surface area contributed by atoms with E-state index < -0.39 is 11.4 Å². The van der Waals surface area contributed by atoms with Crippen molar-refractivity contribution < 1.29 is 28.7 Å². The van der Waals surface area contributed by atoms with Crippen molar-refractivity contribution in [3.8, 4) is 0 Å². The summed E-state index contributed by atoms with van der Waals surface area (Å²) in [5.74, 6) is 0.141. The molecular weight excluding hydrogens is 519 g/mol. The zero-order chi connectivity index (χ0) is 29.3. The van der Waals surface area contributed by atoms with Crippen LogP contribution in [0.1, 0.15) is 52.1 Å². The minimum atomic E-state index is -1.23. The van der Waals surface area contributed by atoms with Crippen molar-refractivity contribution in [1.82, 2.24) is 19.6 Å². The Morgan fingerprint density at radius 1 is 1.23 bits per heavy atom. The topological polar surface area (TPSA) is 122 Å². The molecular formula is C28H41FN6O5. The van der Waals surface area contributed by atoms with Gasteiger partial charge in [0, 0.05) is 44.3 Å². The Morgan fingerprint density at radius 2 is 1.88 bits per heavy atom. The number of oxime groups is 1. The Labute approximate surface area is 234 Å². The number of methoxy groups -OCH3 is 1. The number of carbonyl (C=O) groups is 2. The van der Waals surface area contributed by atoms with Crippen LogP contribution in [0.2, 0.25) is 0 Å². The number of para-hydroxylation sites is 1. The summed E-state index contributed by atoms with van der Waals surface area (Å²) >= 11 is 0. The second kappa shape index (κ2) is 14.4. The molecule has 2 aromatic rings. The molecule has 0 aliphatic carbocycles. The van der Waals surface area contributed by atoms with E-state index in [0.29, 0.717) is 28.5 Å². The van der Waals surface area contributed by atoms with E-state index in [0.717, 1.165) is 58.1 Å². The number of aliphatic imine (C=N–C) groups is 1. The molecule has 0 saturated carbocycles. The van der Waals surface area contributed by atoms with Crippen molar-refractivity contribution in [2.75, 3.05) is 39.9 Å².